The molecule has 112 valence electrons. The summed E-state index contributed by atoms with van der Waals surface area (Å²) in [7, 11) is -1.40. The number of hydrogen-bond donors (Lipinski definition) is 1. The molecule has 0 aliphatic carbocycles. The van der Waals surface area contributed by atoms with E-state index in [1.165, 1.54) is 20.2 Å². The summed E-state index contributed by atoms with van der Waals surface area (Å²) in [5.74, 6) is -1.29. The van der Waals surface area contributed by atoms with E-state index in [1.54, 1.807) is 0 Å². The van der Waals surface area contributed by atoms with E-state index in [-0.39, 0.29) is 25.1 Å². The molecule has 0 aromatic heterocycles. The lowest BCUT2D eigenvalue weighted by molar-refractivity contribution is -0.140. The summed E-state index contributed by atoms with van der Waals surface area (Å²) >= 11 is 0. The quantitative estimate of drug-likeness (QED) is 0.625. The number of rotatable bonds is 6. The number of hydrogen-bond acceptors (Lipinski definition) is 5. The van der Waals surface area contributed by atoms with Gasteiger partial charge in [-0.1, -0.05) is 0 Å². The van der Waals surface area contributed by atoms with Crippen molar-refractivity contribution >= 4 is 21.7 Å². The van der Waals surface area contributed by atoms with E-state index in [1.807, 2.05) is 0 Å². The number of benzene rings is 1. The van der Waals surface area contributed by atoms with Crippen LogP contribution in [0.3, 0.4) is 0 Å². The van der Waals surface area contributed by atoms with Gasteiger partial charge in [0.1, 0.15) is 10.7 Å². The molecule has 6 nitrogen and oxygen atoms in total. The van der Waals surface area contributed by atoms with Gasteiger partial charge in [-0.05, 0) is 24.6 Å². The molecular formula is C12H17FN2O4S. The Morgan fingerprint density at radius 1 is 1.45 bits per heavy atom. The van der Waals surface area contributed by atoms with Crippen molar-refractivity contribution in [1.29, 1.82) is 0 Å². The normalized spacial score (nSPS) is 11.6. The highest BCUT2D eigenvalue weighted by Gasteiger charge is 2.24. The molecule has 0 amide bonds. The van der Waals surface area contributed by atoms with Crippen LogP contribution in [-0.4, -0.2) is 39.4 Å². The predicted molar refractivity (Wildman–Crippen MR) is 71.9 cm³/mol. The molecule has 0 atom stereocenters. The van der Waals surface area contributed by atoms with Gasteiger partial charge in [0.2, 0.25) is 10.0 Å². The molecule has 0 spiro atoms. The second-order valence-electron chi connectivity index (χ2n) is 4.20. The van der Waals surface area contributed by atoms with Crippen molar-refractivity contribution in [3.8, 4) is 0 Å². The Labute approximate surface area is 117 Å². The standard InChI is InChI=1S/C12H17FN2O4S/c1-15(7-3-4-12(16)19-2)20(17,18)11-8-9(14)5-6-10(11)13/h5-6,8H,3-4,7,14H2,1-2H3. The van der Waals surface area contributed by atoms with Crippen LogP contribution in [0.4, 0.5) is 10.1 Å². The minimum Gasteiger partial charge on any atom is -0.469 e. The van der Waals surface area contributed by atoms with Crippen LogP contribution in [0.15, 0.2) is 23.1 Å². The maximum absolute atomic E-state index is 13.6. The van der Waals surface area contributed by atoms with Crippen molar-refractivity contribution in [3.63, 3.8) is 0 Å². The average Bonchev–Trinajstić information content (AvgIpc) is 2.40. The molecule has 0 saturated carbocycles. The Hall–Kier alpha value is -1.67. The first-order valence-electron chi connectivity index (χ1n) is 5.87. The SMILES string of the molecule is COC(=O)CCCN(C)S(=O)(=O)c1cc(N)ccc1F. The third-order valence-electron chi connectivity index (χ3n) is 2.73. The zero-order valence-electron chi connectivity index (χ0n) is 11.3. The average molecular weight is 304 g/mol. The number of nitrogens with two attached hydrogens (primary N) is 1. The third-order valence-corrected chi connectivity index (χ3v) is 4.60. The maximum Gasteiger partial charge on any atom is 0.305 e. The van der Waals surface area contributed by atoms with Gasteiger partial charge in [-0.15, -0.1) is 0 Å². The van der Waals surface area contributed by atoms with Crippen molar-refractivity contribution in [2.24, 2.45) is 0 Å². The number of nitrogen functional groups attached to an aromatic ring is 1. The number of carbonyl (C=O) groups is 1. The van der Waals surface area contributed by atoms with E-state index < -0.39 is 26.7 Å². The number of anilines is 1. The molecule has 0 heterocycles. The monoisotopic (exact) mass is 304 g/mol. The summed E-state index contributed by atoms with van der Waals surface area (Å²) in [6.45, 7) is 0.0751. The van der Waals surface area contributed by atoms with E-state index in [4.69, 9.17) is 5.73 Å². The Morgan fingerprint density at radius 2 is 2.10 bits per heavy atom. The summed E-state index contributed by atoms with van der Waals surface area (Å²) in [5, 5.41) is 0. The highest BCUT2D eigenvalue weighted by atomic mass is 32.2. The molecular weight excluding hydrogens is 287 g/mol. The molecule has 0 fully saturated rings. The smallest absolute Gasteiger partial charge is 0.305 e. The molecule has 1 rings (SSSR count). The van der Waals surface area contributed by atoms with Crippen LogP contribution >= 0.6 is 0 Å². The Bertz CT molecular complexity index is 589. The van der Waals surface area contributed by atoms with E-state index in [2.05, 4.69) is 4.74 Å². The molecule has 1 aromatic carbocycles. The van der Waals surface area contributed by atoms with Crippen molar-refractivity contribution < 1.29 is 22.3 Å². The van der Waals surface area contributed by atoms with E-state index >= 15 is 0 Å². The zero-order valence-corrected chi connectivity index (χ0v) is 12.1. The van der Waals surface area contributed by atoms with E-state index in [0.29, 0.717) is 0 Å². The molecule has 2 N–H and O–H groups in total. The lowest BCUT2D eigenvalue weighted by Gasteiger charge is -2.17. The minimum absolute atomic E-state index is 0.0751. The summed E-state index contributed by atoms with van der Waals surface area (Å²) in [4.78, 5) is 10.5. The predicted octanol–water partition coefficient (Wildman–Crippen LogP) is 0.982. The van der Waals surface area contributed by atoms with Crippen molar-refractivity contribution in [2.45, 2.75) is 17.7 Å². The van der Waals surface area contributed by atoms with Crippen LogP contribution in [0.5, 0.6) is 0 Å². The van der Waals surface area contributed by atoms with Crippen LogP contribution in [0, 0.1) is 5.82 Å². The highest BCUT2D eigenvalue weighted by molar-refractivity contribution is 7.89. The van der Waals surface area contributed by atoms with Crippen molar-refractivity contribution in [3.05, 3.63) is 24.0 Å². The van der Waals surface area contributed by atoms with Gasteiger partial charge in [0.05, 0.1) is 7.11 Å². The van der Waals surface area contributed by atoms with Gasteiger partial charge in [-0.2, -0.15) is 0 Å². The summed E-state index contributed by atoms with van der Waals surface area (Å²) in [5.41, 5.74) is 5.63. The van der Waals surface area contributed by atoms with Gasteiger partial charge in [0.15, 0.2) is 0 Å². The second kappa shape index (κ2) is 6.67. The fourth-order valence-electron chi connectivity index (χ4n) is 1.55. The molecule has 0 aliphatic rings. The minimum atomic E-state index is -3.97. The molecule has 0 saturated heterocycles. The van der Waals surface area contributed by atoms with Crippen molar-refractivity contribution in [2.75, 3.05) is 26.4 Å². The topological polar surface area (TPSA) is 89.7 Å². The van der Waals surface area contributed by atoms with E-state index in [0.717, 1.165) is 16.4 Å². The Balaban J connectivity index is 2.82. The molecule has 0 unspecified atom stereocenters. The number of methoxy groups -OCH3 is 1. The van der Waals surface area contributed by atoms with Crippen LogP contribution in [-0.2, 0) is 19.6 Å². The molecule has 0 bridgehead atoms. The van der Waals surface area contributed by atoms with Crippen molar-refractivity contribution in [1.82, 2.24) is 4.31 Å². The zero-order chi connectivity index (χ0) is 15.3. The molecule has 0 radical (unpaired) electrons. The first kappa shape index (κ1) is 16.4. The third kappa shape index (κ3) is 3.91. The van der Waals surface area contributed by atoms with Gasteiger partial charge in [0.25, 0.3) is 0 Å². The Kier molecular flexibility index (Phi) is 5.46. The highest BCUT2D eigenvalue weighted by Crippen LogP contribution is 2.21. The number of halogens is 1. The number of nitrogens with zero attached hydrogens (tertiary/aromatic N) is 1. The van der Waals surface area contributed by atoms with Gasteiger partial charge < -0.3 is 10.5 Å². The summed E-state index contributed by atoms with van der Waals surface area (Å²) in [6.07, 6.45) is 0.377. The van der Waals surface area contributed by atoms with Gasteiger partial charge in [0, 0.05) is 25.7 Å². The fourth-order valence-corrected chi connectivity index (χ4v) is 2.86. The number of carbonyl (C=O) groups excluding carboxylic acids is 1. The van der Waals surface area contributed by atoms with Gasteiger partial charge >= 0.3 is 5.97 Å². The number of sulfonamides is 1. The molecule has 20 heavy (non-hydrogen) atoms. The summed E-state index contributed by atoms with van der Waals surface area (Å²) in [6, 6.07) is 3.36. The molecule has 1 aromatic rings. The largest absolute Gasteiger partial charge is 0.469 e. The van der Waals surface area contributed by atoms with Crippen LogP contribution in [0.2, 0.25) is 0 Å². The maximum atomic E-state index is 13.6. The van der Waals surface area contributed by atoms with E-state index in [9.17, 15) is 17.6 Å². The fraction of sp³-hybridized carbons (Fsp3) is 0.417. The molecule has 0 aliphatic heterocycles. The van der Waals surface area contributed by atoms with Gasteiger partial charge in [-0.25, -0.2) is 17.1 Å². The first-order valence-corrected chi connectivity index (χ1v) is 7.31. The Morgan fingerprint density at radius 3 is 2.70 bits per heavy atom. The van der Waals surface area contributed by atoms with Gasteiger partial charge in [-0.3, -0.25) is 4.79 Å². The number of ether oxygens (including phenoxy) is 1. The lowest BCUT2D eigenvalue weighted by Crippen LogP contribution is -2.29. The summed E-state index contributed by atoms with van der Waals surface area (Å²) < 4.78 is 43.4. The second-order valence-corrected chi connectivity index (χ2v) is 6.21. The molecule has 8 heteroatoms. The van der Waals surface area contributed by atoms with Crippen LogP contribution in [0.1, 0.15) is 12.8 Å². The lowest BCUT2D eigenvalue weighted by atomic mass is 10.3. The number of esters is 1. The van der Waals surface area contributed by atoms with Crippen LogP contribution < -0.4 is 5.73 Å². The first-order chi connectivity index (χ1) is 9.28. The van der Waals surface area contributed by atoms with Crippen LogP contribution in [0.25, 0.3) is 0 Å².